The highest BCUT2D eigenvalue weighted by Crippen LogP contribution is 2.28. The van der Waals surface area contributed by atoms with Gasteiger partial charge in [-0.05, 0) is 54.1 Å². The number of furan rings is 1. The van der Waals surface area contributed by atoms with Crippen LogP contribution in [0.3, 0.4) is 0 Å². The van der Waals surface area contributed by atoms with E-state index < -0.39 is 11.8 Å². The van der Waals surface area contributed by atoms with Crippen molar-refractivity contribution in [1.82, 2.24) is 0 Å². The van der Waals surface area contributed by atoms with Gasteiger partial charge >= 0.3 is 0 Å². The zero-order chi connectivity index (χ0) is 20.8. The van der Waals surface area contributed by atoms with Gasteiger partial charge in [-0.3, -0.25) is 9.59 Å². The van der Waals surface area contributed by atoms with Crippen molar-refractivity contribution < 1.29 is 18.7 Å². The first-order chi connectivity index (χ1) is 14.0. The molecule has 0 aliphatic rings. The molecule has 0 fully saturated rings. The Bertz CT molecular complexity index is 1060. The molecular formula is C21H16Cl2N2O4. The minimum absolute atomic E-state index is 0.175. The molecule has 0 aliphatic heterocycles. The smallest absolute Gasteiger partial charge is 0.291 e. The van der Waals surface area contributed by atoms with Crippen LogP contribution in [0, 0.1) is 0 Å². The van der Waals surface area contributed by atoms with Crippen molar-refractivity contribution in [2.24, 2.45) is 0 Å². The monoisotopic (exact) mass is 430 g/mol. The zero-order valence-corrected chi connectivity index (χ0v) is 16.8. The van der Waals surface area contributed by atoms with E-state index in [1.807, 2.05) is 0 Å². The Morgan fingerprint density at radius 2 is 1.90 bits per heavy atom. The van der Waals surface area contributed by atoms with Crippen LogP contribution in [-0.4, -0.2) is 18.9 Å². The summed E-state index contributed by atoms with van der Waals surface area (Å²) in [5.41, 5.74) is 1.51. The number of benzene rings is 2. The highest BCUT2D eigenvalue weighted by atomic mass is 35.5. The molecule has 2 aromatic carbocycles. The highest BCUT2D eigenvalue weighted by molar-refractivity contribution is 6.35. The minimum atomic E-state index is -0.408. The summed E-state index contributed by atoms with van der Waals surface area (Å²) >= 11 is 12.0. The number of methoxy groups -OCH3 is 1. The Hall–Kier alpha value is -3.22. The third kappa shape index (κ3) is 5.40. The van der Waals surface area contributed by atoms with Crippen molar-refractivity contribution >= 4 is 52.5 Å². The third-order valence-electron chi connectivity index (χ3n) is 3.84. The molecule has 0 saturated heterocycles. The maximum absolute atomic E-state index is 12.3. The SMILES string of the molecule is COc1ccc(NC(=O)c2ccco2)cc1NC(=O)/C=C/c1ccc(Cl)cc1Cl. The quantitative estimate of drug-likeness (QED) is 0.505. The molecule has 0 bridgehead atoms. The maximum Gasteiger partial charge on any atom is 0.291 e. The Labute approximate surface area is 177 Å². The van der Waals surface area contributed by atoms with E-state index in [-0.39, 0.29) is 5.76 Å². The van der Waals surface area contributed by atoms with Crippen molar-refractivity contribution in [3.8, 4) is 5.75 Å². The van der Waals surface area contributed by atoms with Crippen LogP contribution in [0.1, 0.15) is 16.1 Å². The summed E-state index contributed by atoms with van der Waals surface area (Å²) in [5, 5.41) is 6.35. The Morgan fingerprint density at radius 1 is 1.07 bits per heavy atom. The Morgan fingerprint density at radius 3 is 2.59 bits per heavy atom. The summed E-state index contributed by atoms with van der Waals surface area (Å²) in [6.45, 7) is 0. The number of hydrogen-bond donors (Lipinski definition) is 2. The lowest BCUT2D eigenvalue weighted by Gasteiger charge is -2.11. The van der Waals surface area contributed by atoms with Crippen molar-refractivity contribution in [2.45, 2.75) is 0 Å². The molecule has 0 aliphatic carbocycles. The molecule has 0 spiro atoms. The molecule has 29 heavy (non-hydrogen) atoms. The van der Waals surface area contributed by atoms with E-state index in [9.17, 15) is 9.59 Å². The zero-order valence-electron chi connectivity index (χ0n) is 15.2. The molecule has 148 valence electrons. The van der Waals surface area contributed by atoms with Crippen LogP contribution in [0.15, 0.2) is 65.3 Å². The first-order valence-electron chi connectivity index (χ1n) is 8.43. The van der Waals surface area contributed by atoms with Gasteiger partial charge < -0.3 is 19.8 Å². The van der Waals surface area contributed by atoms with E-state index in [0.717, 1.165) is 0 Å². The lowest BCUT2D eigenvalue weighted by atomic mass is 10.2. The van der Waals surface area contributed by atoms with Crippen molar-refractivity contribution in [2.75, 3.05) is 17.7 Å². The summed E-state index contributed by atoms with van der Waals surface area (Å²) in [6, 6.07) is 13.0. The number of nitrogens with one attached hydrogen (secondary N) is 2. The first-order valence-corrected chi connectivity index (χ1v) is 9.19. The molecule has 2 N–H and O–H groups in total. The van der Waals surface area contributed by atoms with Gasteiger partial charge in [-0.1, -0.05) is 29.3 Å². The van der Waals surface area contributed by atoms with E-state index in [0.29, 0.717) is 32.7 Å². The van der Waals surface area contributed by atoms with E-state index in [1.165, 1.54) is 19.4 Å². The fourth-order valence-electron chi connectivity index (χ4n) is 2.46. The van der Waals surface area contributed by atoms with Crippen LogP contribution < -0.4 is 15.4 Å². The van der Waals surface area contributed by atoms with Crippen molar-refractivity contribution in [3.05, 3.63) is 82.2 Å². The molecule has 8 heteroatoms. The van der Waals surface area contributed by atoms with Gasteiger partial charge in [0.05, 0.1) is 19.1 Å². The number of halogens is 2. The topological polar surface area (TPSA) is 80.6 Å². The van der Waals surface area contributed by atoms with Crippen molar-refractivity contribution in [1.29, 1.82) is 0 Å². The number of amides is 2. The summed E-state index contributed by atoms with van der Waals surface area (Å²) in [4.78, 5) is 24.4. The van der Waals surface area contributed by atoms with E-state index in [4.69, 9.17) is 32.4 Å². The highest BCUT2D eigenvalue weighted by Gasteiger charge is 2.12. The van der Waals surface area contributed by atoms with Crippen LogP contribution in [0.25, 0.3) is 6.08 Å². The first kappa shape index (κ1) is 20.5. The lowest BCUT2D eigenvalue weighted by Crippen LogP contribution is -2.12. The third-order valence-corrected chi connectivity index (χ3v) is 4.40. The van der Waals surface area contributed by atoms with Gasteiger partial charge in [-0.25, -0.2) is 0 Å². The van der Waals surface area contributed by atoms with Gasteiger partial charge in [0.25, 0.3) is 5.91 Å². The largest absolute Gasteiger partial charge is 0.495 e. The summed E-state index contributed by atoms with van der Waals surface area (Å²) in [6.07, 6.45) is 4.32. The Balaban J connectivity index is 1.73. The maximum atomic E-state index is 12.3. The number of hydrogen-bond acceptors (Lipinski definition) is 4. The predicted octanol–water partition coefficient (Wildman–Crippen LogP) is 5.50. The van der Waals surface area contributed by atoms with E-state index in [2.05, 4.69) is 10.6 Å². The van der Waals surface area contributed by atoms with Crippen LogP contribution in [0.2, 0.25) is 10.0 Å². The van der Waals surface area contributed by atoms with Gasteiger partial charge in [-0.15, -0.1) is 0 Å². The second-order valence-electron chi connectivity index (χ2n) is 5.83. The number of anilines is 2. The average Bonchev–Trinajstić information content (AvgIpc) is 3.22. The number of ether oxygens (including phenoxy) is 1. The lowest BCUT2D eigenvalue weighted by molar-refractivity contribution is -0.111. The molecule has 0 atom stereocenters. The molecule has 6 nitrogen and oxygen atoms in total. The van der Waals surface area contributed by atoms with E-state index >= 15 is 0 Å². The molecular weight excluding hydrogens is 415 g/mol. The second kappa shape index (κ2) is 9.32. The summed E-state index contributed by atoms with van der Waals surface area (Å²) in [7, 11) is 1.48. The fraction of sp³-hybridized carbons (Fsp3) is 0.0476. The van der Waals surface area contributed by atoms with Crippen LogP contribution in [0.4, 0.5) is 11.4 Å². The predicted molar refractivity (Wildman–Crippen MR) is 114 cm³/mol. The summed E-state index contributed by atoms with van der Waals surface area (Å²) < 4.78 is 10.3. The van der Waals surface area contributed by atoms with Crippen LogP contribution >= 0.6 is 23.2 Å². The van der Waals surface area contributed by atoms with Gasteiger partial charge in [-0.2, -0.15) is 0 Å². The molecule has 2 amide bonds. The fourth-order valence-corrected chi connectivity index (χ4v) is 2.93. The minimum Gasteiger partial charge on any atom is -0.495 e. The van der Waals surface area contributed by atoms with Gasteiger partial charge in [0, 0.05) is 21.8 Å². The second-order valence-corrected chi connectivity index (χ2v) is 6.68. The number of carbonyl (C=O) groups is 2. The molecule has 3 rings (SSSR count). The molecule has 0 radical (unpaired) electrons. The number of rotatable bonds is 6. The molecule has 1 aromatic heterocycles. The average molecular weight is 431 g/mol. The van der Waals surface area contributed by atoms with Gasteiger partial charge in [0.1, 0.15) is 5.75 Å². The van der Waals surface area contributed by atoms with Crippen LogP contribution in [0.5, 0.6) is 5.75 Å². The van der Waals surface area contributed by atoms with Crippen LogP contribution in [-0.2, 0) is 4.79 Å². The number of carbonyl (C=O) groups excluding carboxylic acids is 2. The van der Waals surface area contributed by atoms with Crippen molar-refractivity contribution in [3.63, 3.8) is 0 Å². The van der Waals surface area contributed by atoms with Gasteiger partial charge in [0.15, 0.2) is 5.76 Å². The molecule has 1 heterocycles. The van der Waals surface area contributed by atoms with E-state index in [1.54, 1.807) is 54.6 Å². The summed E-state index contributed by atoms with van der Waals surface area (Å²) in [5.74, 6) is -0.194. The molecule has 0 saturated carbocycles. The molecule has 0 unspecified atom stereocenters. The molecule has 3 aromatic rings. The standard InChI is InChI=1S/C21H16Cl2N2O4/c1-28-18-8-7-15(24-21(27)19-3-2-10-29-19)12-17(18)25-20(26)9-5-13-4-6-14(22)11-16(13)23/h2-12H,1H3,(H,24,27)(H,25,26)/b9-5+. The van der Waals surface area contributed by atoms with Gasteiger partial charge in [0.2, 0.25) is 5.91 Å². The Kier molecular flexibility index (Phi) is 6.59. The normalized spacial score (nSPS) is 10.7.